The van der Waals surface area contributed by atoms with Crippen molar-refractivity contribution >= 4 is 11.4 Å². The Labute approximate surface area is 98.3 Å². The molecule has 0 N–H and O–H groups in total. The molecule has 0 bridgehead atoms. The quantitative estimate of drug-likeness (QED) is 0.688. The molecule has 0 aliphatic carbocycles. The van der Waals surface area contributed by atoms with Gasteiger partial charge in [-0.3, -0.25) is 4.18 Å². The molecular weight excluding hydrogens is 228 g/mol. The maximum absolute atomic E-state index is 10.5. The molecule has 5 nitrogen and oxygen atoms in total. The smallest absolute Gasteiger partial charge is 0.115 e. The summed E-state index contributed by atoms with van der Waals surface area (Å²) in [5, 5.41) is 0. The van der Waals surface area contributed by atoms with Crippen LogP contribution in [0.1, 0.15) is 44.9 Å². The first-order valence-corrected chi connectivity index (χ1v) is 6.45. The van der Waals surface area contributed by atoms with Gasteiger partial charge in [-0.05, 0) is 12.8 Å². The second-order valence-electron chi connectivity index (χ2n) is 3.56. The van der Waals surface area contributed by atoms with Crippen LogP contribution in [0.5, 0.6) is 0 Å². The minimum Gasteiger partial charge on any atom is -0.750 e. The fourth-order valence-corrected chi connectivity index (χ4v) is 1.96. The van der Waals surface area contributed by atoms with Gasteiger partial charge in [-0.1, -0.05) is 20.3 Å². The predicted octanol–water partition coefficient (Wildman–Crippen LogP) is 1.95. The lowest BCUT2D eigenvalue weighted by Gasteiger charge is -2.18. The predicted molar refractivity (Wildman–Crippen MR) is 60.2 cm³/mol. The van der Waals surface area contributed by atoms with E-state index in [4.69, 9.17) is 4.18 Å². The monoisotopic (exact) mass is 245 g/mol. The summed E-state index contributed by atoms with van der Waals surface area (Å²) in [5.74, 6) is 0. The van der Waals surface area contributed by atoms with Gasteiger partial charge in [-0.15, -0.1) is 0 Å². The zero-order valence-electron chi connectivity index (χ0n) is 9.59. The Hall–Kier alpha value is -0.720. The van der Waals surface area contributed by atoms with Gasteiger partial charge in [0.25, 0.3) is 0 Å². The molecule has 0 saturated carbocycles. The average Bonchev–Trinajstić information content (AvgIpc) is 2.70. The molecule has 0 amide bonds. The molecule has 92 valence electrons. The largest absolute Gasteiger partial charge is 0.750 e. The third-order valence-electron chi connectivity index (χ3n) is 2.39. The normalized spacial score (nSPS) is 14.9. The molecule has 0 aliphatic rings. The molecule has 0 fully saturated rings. The third kappa shape index (κ3) is 3.70. The molecule has 1 aromatic rings. The highest BCUT2D eigenvalue weighted by Crippen LogP contribution is 2.21. The number of rotatable bonds is 7. The molecule has 16 heavy (non-hydrogen) atoms. The molecular formula is C10H17N2O3S-. The van der Waals surface area contributed by atoms with Crippen molar-refractivity contribution in [2.45, 2.75) is 45.8 Å². The van der Waals surface area contributed by atoms with Crippen LogP contribution in [0.2, 0.25) is 0 Å². The molecule has 0 spiro atoms. The summed E-state index contributed by atoms with van der Waals surface area (Å²) in [6.07, 6.45) is 5.67. The van der Waals surface area contributed by atoms with Gasteiger partial charge in [-0.25, -0.2) is 9.19 Å². The summed E-state index contributed by atoms with van der Waals surface area (Å²) in [5.41, 5.74) is 0.820. The van der Waals surface area contributed by atoms with Crippen LogP contribution < -0.4 is 0 Å². The Morgan fingerprint density at radius 1 is 1.62 bits per heavy atom. The van der Waals surface area contributed by atoms with Crippen molar-refractivity contribution in [3.8, 4) is 0 Å². The summed E-state index contributed by atoms with van der Waals surface area (Å²) >= 11 is -2.49. The molecule has 1 aromatic heterocycles. The topological polar surface area (TPSA) is 67.2 Å². The molecule has 0 aliphatic heterocycles. The molecule has 1 heterocycles. The summed E-state index contributed by atoms with van der Waals surface area (Å²) in [6.45, 7) is 4.84. The van der Waals surface area contributed by atoms with Crippen LogP contribution in [-0.2, 0) is 22.1 Å². The van der Waals surface area contributed by atoms with E-state index < -0.39 is 17.5 Å². The van der Waals surface area contributed by atoms with Crippen molar-refractivity contribution in [3.05, 3.63) is 18.2 Å². The van der Waals surface area contributed by atoms with Crippen molar-refractivity contribution < 1.29 is 12.9 Å². The first-order chi connectivity index (χ1) is 7.69. The number of unbranched alkanes of at least 4 members (excludes halogenated alkanes) is 1. The van der Waals surface area contributed by atoms with Crippen LogP contribution in [0.25, 0.3) is 0 Å². The van der Waals surface area contributed by atoms with Crippen LogP contribution in [0.15, 0.2) is 12.5 Å². The molecule has 6 heteroatoms. The van der Waals surface area contributed by atoms with Crippen molar-refractivity contribution in [2.24, 2.45) is 0 Å². The summed E-state index contributed by atoms with van der Waals surface area (Å²) < 4.78 is 27.8. The van der Waals surface area contributed by atoms with Crippen LogP contribution in [0, 0.1) is 0 Å². The minimum absolute atomic E-state index is 0.433. The van der Waals surface area contributed by atoms with Gasteiger partial charge >= 0.3 is 0 Å². The van der Waals surface area contributed by atoms with Gasteiger partial charge in [0.15, 0.2) is 0 Å². The van der Waals surface area contributed by atoms with Gasteiger partial charge < -0.3 is 9.12 Å². The number of aromatic nitrogens is 2. The van der Waals surface area contributed by atoms with Gasteiger partial charge in [0.05, 0.1) is 29.6 Å². The molecule has 0 aromatic carbocycles. The Morgan fingerprint density at radius 3 is 2.94 bits per heavy atom. The lowest BCUT2D eigenvalue weighted by Crippen LogP contribution is -2.11. The maximum Gasteiger partial charge on any atom is 0.115 e. The van der Waals surface area contributed by atoms with E-state index >= 15 is 0 Å². The number of nitrogens with zero attached hydrogens (tertiary/aromatic N) is 2. The Morgan fingerprint density at radius 2 is 2.38 bits per heavy atom. The van der Waals surface area contributed by atoms with Crippen LogP contribution in [0.4, 0.5) is 0 Å². The van der Waals surface area contributed by atoms with Crippen molar-refractivity contribution in [1.29, 1.82) is 0 Å². The first kappa shape index (κ1) is 13.3. The van der Waals surface area contributed by atoms with Gasteiger partial charge in [0.1, 0.15) is 6.10 Å². The molecule has 0 saturated heterocycles. The Balaban J connectivity index is 2.75. The third-order valence-corrected chi connectivity index (χ3v) is 2.78. The molecule has 0 radical (unpaired) electrons. The van der Waals surface area contributed by atoms with E-state index in [0.29, 0.717) is 6.42 Å². The highest BCUT2D eigenvalue weighted by Gasteiger charge is 2.15. The zero-order chi connectivity index (χ0) is 12.0. The van der Waals surface area contributed by atoms with E-state index in [-0.39, 0.29) is 0 Å². The highest BCUT2D eigenvalue weighted by molar-refractivity contribution is 7.74. The second kappa shape index (κ2) is 6.78. The van der Waals surface area contributed by atoms with E-state index in [1.807, 2.05) is 11.5 Å². The minimum atomic E-state index is -2.49. The fourth-order valence-electron chi connectivity index (χ4n) is 1.54. The number of imidazole rings is 1. The number of aryl methyl sites for hydroxylation is 1. The SMILES string of the molecule is CCCCn1cncc1C(CC)OS(=O)[O-]. The number of hydrogen-bond acceptors (Lipinski definition) is 4. The zero-order valence-corrected chi connectivity index (χ0v) is 10.4. The fraction of sp³-hybridized carbons (Fsp3) is 0.700. The average molecular weight is 245 g/mol. The Bertz CT molecular complexity index is 341. The van der Waals surface area contributed by atoms with E-state index in [1.165, 1.54) is 0 Å². The van der Waals surface area contributed by atoms with Gasteiger partial charge in [0.2, 0.25) is 0 Å². The van der Waals surface area contributed by atoms with E-state index in [1.54, 1.807) is 12.5 Å². The Kier molecular flexibility index (Phi) is 5.65. The summed E-state index contributed by atoms with van der Waals surface area (Å²) in [4.78, 5) is 4.03. The molecule has 2 unspecified atom stereocenters. The summed E-state index contributed by atoms with van der Waals surface area (Å²) in [7, 11) is 0. The van der Waals surface area contributed by atoms with Crippen molar-refractivity contribution in [3.63, 3.8) is 0 Å². The van der Waals surface area contributed by atoms with Gasteiger partial charge in [0, 0.05) is 6.54 Å². The lowest BCUT2D eigenvalue weighted by molar-refractivity contribution is 0.190. The summed E-state index contributed by atoms with van der Waals surface area (Å²) in [6, 6.07) is 0. The lowest BCUT2D eigenvalue weighted by atomic mass is 10.2. The van der Waals surface area contributed by atoms with E-state index in [9.17, 15) is 8.76 Å². The van der Waals surface area contributed by atoms with Gasteiger partial charge in [-0.2, -0.15) is 0 Å². The standard InChI is InChI=1S/C10H18N2O3S/c1-3-5-6-12-8-11-7-9(12)10(4-2)15-16(13)14/h7-8,10H,3-6H2,1-2H3,(H,13,14)/p-1. The van der Waals surface area contributed by atoms with Crippen molar-refractivity contribution in [2.75, 3.05) is 0 Å². The van der Waals surface area contributed by atoms with E-state index in [0.717, 1.165) is 25.1 Å². The first-order valence-electron chi connectivity index (χ1n) is 5.45. The highest BCUT2D eigenvalue weighted by atomic mass is 32.2. The van der Waals surface area contributed by atoms with Crippen LogP contribution in [0.3, 0.4) is 0 Å². The molecule has 2 atom stereocenters. The molecule has 1 rings (SSSR count). The number of hydrogen-bond donors (Lipinski definition) is 0. The van der Waals surface area contributed by atoms with Crippen LogP contribution in [-0.4, -0.2) is 18.3 Å². The van der Waals surface area contributed by atoms with Crippen LogP contribution >= 0.6 is 0 Å². The second-order valence-corrected chi connectivity index (χ2v) is 4.16. The van der Waals surface area contributed by atoms with Crippen molar-refractivity contribution in [1.82, 2.24) is 9.55 Å². The maximum atomic E-state index is 10.5. The van der Waals surface area contributed by atoms with E-state index in [2.05, 4.69) is 11.9 Å².